The van der Waals surface area contributed by atoms with E-state index in [1.54, 1.807) is 11.6 Å². The van der Waals surface area contributed by atoms with Crippen LogP contribution >= 0.6 is 0 Å². The lowest BCUT2D eigenvalue weighted by Crippen LogP contribution is -2.43. The van der Waals surface area contributed by atoms with Gasteiger partial charge >= 0.3 is 5.69 Å². The normalized spacial score (nSPS) is 11.4. The van der Waals surface area contributed by atoms with E-state index in [-0.39, 0.29) is 18.0 Å². The van der Waals surface area contributed by atoms with E-state index in [1.165, 1.54) is 17.9 Å². The zero-order valence-corrected chi connectivity index (χ0v) is 15.6. The molecule has 0 unspecified atom stereocenters. The maximum absolute atomic E-state index is 12.6. The minimum Gasteiger partial charge on any atom is -0.361 e. The van der Waals surface area contributed by atoms with E-state index in [0.717, 1.165) is 21.0 Å². The fourth-order valence-electron chi connectivity index (χ4n) is 3.41. The number of amides is 1. The molecule has 9 heteroatoms. The maximum atomic E-state index is 12.6. The molecule has 28 heavy (non-hydrogen) atoms. The molecule has 0 saturated heterocycles. The molecule has 0 atom stereocenters. The molecule has 0 aliphatic heterocycles. The molecule has 0 spiro atoms. The van der Waals surface area contributed by atoms with Gasteiger partial charge in [-0.25, -0.2) is 14.3 Å². The number of hydrogen-bond donors (Lipinski definition) is 2. The average Bonchev–Trinajstić information content (AvgIpc) is 3.27. The average molecular weight is 380 g/mol. The number of H-pyrrole nitrogens is 1. The first kappa shape index (κ1) is 17.8. The highest BCUT2D eigenvalue weighted by Crippen LogP contribution is 2.17. The molecule has 3 heterocycles. The Balaban J connectivity index is 1.49. The molecular weight excluding hydrogens is 360 g/mol. The van der Waals surface area contributed by atoms with E-state index in [0.29, 0.717) is 18.6 Å². The molecule has 0 aliphatic carbocycles. The van der Waals surface area contributed by atoms with Crippen LogP contribution in [0.15, 0.2) is 46.4 Å². The fraction of sp³-hybridized carbons (Fsp3) is 0.263. The number of nitrogens with zero attached hydrogens (tertiary/aromatic N) is 4. The fourth-order valence-corrected chi connectivity index (χ4v) is 3.41. The zero-order valence-electron chi connectivity index (χ0n) is 15.6. The van der Waals surface area contributed by atoms with Crippen molar-refractivity contribution in [3.63, 3.8) is 0 Å². The van der Waals surface area contributed by atoms with Gasteiger partial charge < -0.3 is 14.9 Å². The highest BCUT2D eigenvalue weighted by Gasteiger charge is 2.16. The lowest BCUT2D eigenvalue weighted by molar-refractivity contribution is -0.121. The van der Waals surface area contributed by atoms with Crippen molar-refractivity contribution in [3.8, 4) is 0 Å². The molecule has 4 rings (SSSR count). The van der Waals surface area contributed by atoms with E-state index < -0.39 is 11.2 Å². The van der Waals surface area contributed by atoms with Crippen molar-refractivity contribution in [3.05, 3.63) is 63.2 Å². The summed E-state index contributed by atoms with van der Waals surface area (Å²) >= 11 is 0. The number of nitrogens with one attached hydrogen (secondary N) is 2. The Labute approximate surface area is 159 Å². The molecule has 3 aromatic heterocycles. The van der Waals surface area contributed by atoms with Crippen LogP contribution < -0.4 is 16.6 Å². The topological polar surface area (TPSA) is 107 Å². The summed E-state index contributed by atoms with van der Waals surface area (Å²) in [4.78, 5) is 44.7. The first-order valence-electron chi connectivity index (χ1n) is 8.90. The van der Waals surface area contributed by atoms with Crippen molar-refractivity contribution >= 4 is 28.0 Å². The Morgan fingerprint density at radius 3 is 2.82 bits per heavy atom. The van der Waals surface area contributed by atoms with Gasteiger partial charge in [0.05, 0.1) is 6.33 Å². The smallest absolute Gasteiger partial charge is 0.332 e. The molecule has 144 valence electrons. The number of rotatable bonds is 5. The molecule has 0 fully saturated rings. The second kappa shape index (κ2) is 6.84. The number of carbonyl (C=O) groups excluding carboxylic acids is 1. The number of aromatic nitrogens is 5. The molecule has 0 radical (unpaired) electrons. The van der Waals surface area contributed by atoms with Gasteiger partial charge in [-0.15, -0.1) is 0 Å². The quantitative estimate of drug-likeness (QED) is 0.518. The van der Waals surface area contributed by atoms with Crippen LogP contribution in [0.5, 0.6) is 0 Å². The Kier molecular flexibility index (Phi) is 4.34. The Morgan fingerprint density at radius 1 is 1.21 bits per heavy atom. The van der Waals surface area contributed by atoms with E-state index >= 15 is 0 Å². The third-order valence-electron chi connectivity index (χ3n) is 4.89. The number of carbonyl (C=O) groups is 1. The summed E-state index contributed by atoms with van der Waals surface area (Å²) in [5.74, 6) is -0.388. The number of aryl methyl sites for hydroxylation is 2. The molecule has 2 N–H and O–H groups in total. The molecule has 1 amide bonds. The first-order chi connectivity index (χ1) is 13.5. The number of benzene rings is 1. The van der Waals surface area contributed by atoms with Gasteiger partial charge in [-0.1, -0.05) is 18.2 Å². The molecule has 0 aliphatic rings. The third-order valence-corrected chi connectivity index (χ3v) is 4.89. The van der Waals surface area contributed by atoms with Crippen molar-refractivity contribution in [2.24, 2.45) is 14.1 Å². The van der Waals surface area contributed by atoms with Crippen LogP contribution in [0.2, 0.25) is 0 Å². The second-order valence-electron chi connectivity index (χ2n) is 6.72. The van der Waals surface area contributed by atoms with Crippen LogP contribution in [0.3, 0.4) is 0 Å². The summed E-state index contributed by atoms with van der Waals surface area (Å²) in [7, 11) is 3.20. The van der Waals surface area contributed by atoms with Gasteiger partial charge in [-0.3, -0.25) is 14.2 Å². The van der Waals surface area contributed by atoms with Crippen LogP contribution in [0.4, 0.5) is 0 Å². The maximum Gasteiger partial charge on any atom is 0.332 e. The van der Waals surface area contributed by atoms with Crippen molar-refractivity contribution in [1.29, 1.82) is 0 Å². The van der Waals surface area contributed by atoms with E-state index in [1.807, 2.05) is 30.5 Å². The van der Waals surface area contributed by atoms with Crippen LogP contribution in [-0.4, -0.2) is 36.1 Å². The number of imidazole rings is 1. The SMILES string of the molecule is Cn1cnc2c1c(=O)n(CC(=O)NCCc1c[nH]c3ccccc13)c(=O)n2C. The van der Waals surface area contributed by atoms with Crippen LogP contribution in [0.1, 0.15) is 5.56 Å². The van der Waals surface area contributed by atoms with E-state index in [2.05, 4.69) is 15.3 Å². The highest BCUT2D eigenvalue weighted by atomic mass is 16.2. The van der Waals surface area contributed by atoms with Crippen LogP contribution in [0, 0.1) is 0 Å². The highest BCUT2D eigenvalue weighted by molar-refractivity contribution is 5.83. The summed E-state index contributed by atoms with van der Waals surface area (Å²) in [6.45, 7) is 0.0736. The minimum atomic E-state index is -0.567. The molecular formula is C19H20N6O3. The third kappa shape index (κ3) is 2.90. The van der Waals surface area contributed by atoms with Crippen LogP contribution in [0.25, 0.3) is 22.1 Å². The van der Waals surface area contributed by atoms with Gasteiger partial charge in [0.1, 0.15) is 6.54 Å². The first-order valence-corrected chi connectivity index (χ1v) is 8.90. The predicted octanol–water partition coefficient (Wildman–Crippen LogP) is 0.274. The predicted molar refractivity (Wildman–Crippen MR) is 105 cm³/mol. The number of fused-ring (bicyclic) bond motifs is 2. The van der Waals surface area contributed by atoms with Crippen LogP contribution in [-0.2, 0) is 31.9 Å². The standard InChI is InChI=1S/C19H20N6O3/c1-23-11-22-17-16(23)18(27)25(19(28)24(17)2)10-15(26)20-8-7-12-9-21-14-6-4-3-5-13(12)14/h3-6,9,11,21H,7-8,10H2,1-2H3,(H,20,26). The van der Waals surface area contributed by atoms with Crippen molar-refractivity contribution in [1.82, 2.24) is 29.0 Å². The molecule has 4 aromatic rings. The summed E-state index contributed by atoms with van der Waals surface area (Å²) in [6.07, 6.45) is 4.04. The molecule has 1 aromatic carbocycles. The monoisotopic (exact) mass is 380 g/mol. The van der Waals surface area contributed by atoms with Crippen molar-refractivity contribution < 1.29 is 4.79 Å². The summed E-state index contributed by atoms with van der Waals surface area (Å²) in [6, 6.07) is 7.94. The number of aromatic amines is 1. The lowest BCUT2D eigenvalue weighted by Gasteiger charge is -2.09. The molecule has 9 nitrogen and oxygen atoms in total. The van der Waals surface area contributed by atoms with Gasteiger partial charge in [0.2, 0.25) is 5.91 Å². The Bertz CT molecular complexity index is 1310. The second-order valence-corrected chi connectivity index (χ2v) is 6.72. The number of hydrogen-bond acceptors (Lipinski definition) is 4. The Hall–Kier alpha value is -3.62. The summed E-state index contributed by atoms with van der Waals surface area (Å²) in [5.41, 5.74) is 1.64. The summed E-state index contributed by atoms with van der Waals surface area (Å²) in [5, 5.41) is 3.90. The number of para-hydroxylation sites is 1. The van der Waals surface area contributed by atoms with Gasteiger partial charge in [-0.05, 0) is 18.1 Å². The lowest BCUT2D eigenvalue weighted by atomic mass is 10.1. The van der Waals surface area contributed by atoms with E-state index in [9.17, 15) is 14.4 Å². The van der Waals surface area contributed by atoms with Crippen molar-refractivity contribution in [2.75, 3.05) is 6.54 Å². The zero-order chi connectivity index (χ0) is 19.8. The van der Waals surface area contributed by atoms with E-state index in [4.69, 9.17) is 0 Å². The van der Waals surface area contributed by atoms with Gasteiger partial charge in [-0.2, -0.15) is 0 Å². The van der Waals surface area contributed by atoms with Gasteiger partial charge in [0.25, 0.3) is 5.56 Å². The summed E-state index contributed by atoms with van der Waals surface area (Å²) < 4.78 is 3.75. The largest absolute Gasteiger partial charge is 0.361 e. The van der Waals surface area contributed by atoms with Gasteiger partial charge in [0.15, 0.2) is 11.2 Å². The Morgan fingerprint density at radius 2 is 2.00 bits per heavy atom. The van der Waals surface area contributed by atoms with Gasteiger partial charge in [0, 0.05) is 37.7 Å². The molecule has 0 bridgehead atoms. The minimum absolute atomic E-state index is 0.286. The van der Waals surface area contributed by atoms with Crippen molar-refractivity contribution in [2.45, 2.75) is 13.0 Å². The molecule has 0 saturated carbocycles.